The van der Waals surface area contributed by atoms with Gasteiger partial charge in [-0.05, 0) is 51.9 Å². The van der Waals surface area contributed by atoms with Gasteiger partial charge in [0.15, 0.2) is 0 Å². The molecule has 1 amide bonds. The maximum absolute atomic E-state index is 12.3. The molecule has 0 aromatic rings. The largest absolute Gasteiger partial charge is 0.373 e. The summed E-state index contributed by atoms with van der Waals surface area (Å²) in [6, 6.07) is 0. The number of nitrogens with zero attached hydrogens (tertiary/aromatic N) is 1. The molecule has 0 aromatic carbocycles. The maximum Gasteiger partial charge on any atom is 0.223 e. The number of hydrogen-bond donors (Lipinski definition) is 1. The molecule has 4 nitrogen and oxygen atoms in total. The van der Waals surface area contributed by atoms with Crippen LogP contribution < -0.4 is 5.32 Å². The Labute approximate surface area is 148 Å². The first-order valence-corrected chi connectivity index (χ1v) is 10.2. The van der Waals surface area contributed by atoms with Gasteiger partial charge in [-0.15, -0.1) is 0 Å². The lowest BCUT2D eigenvalue weighted by molar-refractivity contribution is -0.126. The van der Waals surface area contributed by atoms with Crippen molar-refractivity contribution in [3.63, 3.8) is 0 Å². The van der Waals surface area contributed by atoms with Crippen molar-refractivity contribution in [1.29, 1.82) is 0 Å². The van der Waals surface area contributed by atoms with Gasteiger partial charge in [-0.1, -0.05) is 26.2 Å². The fraction of sp³-hybridized carbons (Fsp3) is 0.950. The van der Waals surface area contributed by atoms with Gasteiger partial charge < -0.3 is 10.1 Å². The second-order valence-electron chi connectivity index (χ2n) is 8.02. The first-order chi connectivity index (χ1) is 11.6. The Morgan fingerprint density at radius 2 is 1.75 bits per heavy atom. The zero-order chi connectivity index (χ0) is 17.4. The van der Waals surface area contributed by atoms with Crippen LogP contribution in [-0.2, 0) is 9.53 Å². The SMILES string of the molecule is CCCCC1CCC(C(=O)NCCCN2CC(C)OC(C)C2)CC1. The number of carbonyl (C=O) groups is 1. The van der Waals surface area contributed by atoms with Gasteiger partial charge in [-0.25, -0.2) is 0 Å². The molecule has 24 heavy (non-hydrogen) atoms. The summed E-state index contributed by atoms with van der Waals surface area (Å²) in [4.78, 5) is 14.8. The summed E-state index contributed by atoms with van der Waals surface area (Å²) in [6.45, 7) is 10.4. The number of ether oxygens (including phenoxy) is 1. The van der Waals surface area contributed by atoms with Crippen molar-refractivity contribution in [3.05, 3.63) is 0 Å². The molecule has 0 aromatic heterocycles. The molecule has 1 N–H and O–H groups in total. The molecule has 0 radical (unpaired) electrons. The molecule has 2 aliphatic rings. The molecule has 1 saturated heterocycles. The van der Waals surface area contributed by atoms with E-state index in [0.717, 1.165) is 51.4 Å². The van der Waals surface area contributed by atoms with Gasteiger partial charge in [0.2, 0.25) is 5.91 Å². The summed E-state index contributed by atoms with van der Waals surface area (Å²) in [7, 11) is 0. The highest BCUT2D eigenvalue weighted by molar-refractivity contribution is 5.78. The van der Waals surface area contributed by atoms with E-state index in [4.69, 9.17) is 4.74 Å². The molecule has 2 atom stereocenters. The predicted molar refractivity (Wildman–Crippen MR) is 99.0 cm³/mol. The van der Waals surface area contributed by atoms with Crippen LogP contribution in [0.15, 0.2) is 0 Å². The van der Waals surface area contributed by atoms with E-state index in [2.05, 4.69) is 31.0 Å². The van der Waals surface area contributed by atoms with E-state index in [1.54, 1.807) is 0 Å². The van der Waals surface area contributed by atoms with Crippen LogP contribution in [0.1, 0.15) is 72.1 Å². The Balaban J connectivity index is 1.55. The highest BCUT2D eigenvalue weighted by atomic mass is 16.5. The van der Waals surface area contributed by atoms with E-state index in [-0.39, 0.29) is 5.92 Å². The molecule has 0 bridgehead atoms. The molecule has 1 aliphatic heterocycles. The van der Waals surface area contributed by atoms with Crippen molar-refractivity contribution < 1.29 is 9.53 Å². The van der Waals surface area contributed by atoms with Crippen molar-refractivity contribution in [2.24, 2.45) is 11.8 Å². The van der Waals surface area contributed by atoms with Gasteiger partial charge in [0.1, 0.15) is 0 Å². The van der Waals surface area contributed by atoms with Crippen LogP contribution in [0.25, 0.3) is 0 Å². The summed E-state index contributed by atoms with van der Waals surface area (Å²) in [5.74, 6) is 1.44. The van der Waals surface area contributed by atoms with Crippen LogP contribution in [0.5, 0.6) is 0 Å². The highest BCUT2D eigenvalue weighted by Crippen LogP contribution is 2.31. The molecule has 0 spiro atoms. The molecule has 2 fully saturated rings. The minimum Gasteiger partial charge on any atom is -0.373 e. The number of unbranched alkanes of at least 4 members (excludes halogenated alkanes) is 1. The number of hydrogen-bond acceptors (Lipinski definition) is 3. The summed E-state index contributed by atoms with van der Waals surface area (Å²) in [6.07, 6.45) is 10.4. The highest BCUT2D eigenvalue weighted by Gasteiger charge is 2.26. The topological polar surface area (TPSA) is 41.6 Å². The average Bonchev–Trinajstić information content (AvgIpc) is 2.56. The number of morpholine rings is 1. The van der Waals surface area contributed by atoms with Gasteiger partial charge in [0.25, 0.3) is 0 Å². The van der Waals surface area contributed by atoms with E-state index >= 15 is 0 Å². The fourth-order valence-electron chi connectivity index (χ4n) is 4.33. The summed E-state index contributed by atoms with van der Waals surface area (Å²) in [5, 5.41) is 3.18. The van der Waals surface area contributed by atoms with E-state index in [1.165, 1.54) is 32.1 Å². The van der Waals surface area contributed by atoms with Crippen molar-refractivity contribution in [1.82, 2.24) is 10.2 Å². The minimum atomic E-state index is 0.270. The summed E-state index contributed by atoms with van der Waals surface area (Å²) in [5.41, 5.74) is 0. The Hall–Kier alpha value is -0.610. The molecule has 4 heteroatoms. The first-order valence-electron chi connectivity index (χ1n) is 10.2. The van der Waals surface area contributed by atoms with Crippen LogP contribution in [0.2, 0.25) is 0 Å². The van der Waals surface area contributed by atoms with E-state index in [0.29, 0.717) is 18.1 Å². The van der Waals surface area contributed by atoms with Crippen LogP contribution in [0.3, 0.4) is 0 Å². The molecule has 2 unspecified atom stereocenters. The van der Waals surface area contributed by atoms with Gasteiger partial charge >= 0.3 is 0 Å². The van der Waals surface area contributed by atoms with Crippen molar-refractivity contribution >= 4 is 5.91 Å². The first kappa shape index (κ1) is 19.7. The Morgan fingerprint density at radius 1 is 1.08 bits per heavy atom. The average molecular weight is 339 g/mol. The van der Waals surface area contributed by atoms with Gasteiger partial charge in [0, 0.05) is 32.1 Å². The monoisotopic (exact) mass is 338 g/mol. The van der Waals surface area contributed by atoms with Crippen molar-refractivity contribution in [2.45, 2.75) is 84.3 Å². The van der Waals surface area contributed by atoms with E-state index in [9.17, 15) is 4.79 Å². The van der Waals surface area contributed by atoms with E-state index in [1.807, 2.05) is 0 Å². The van der Waals surface area contributed by atoms with E-state index < -0.39 is 0 Å². The van der Waals surface area contributed by atoms with Gasteiger partial charge in [-0.3, -0.25) is 9.69 Å². The summed E-state index contributed by atoms with van der Waals surface area (Å²) < 4.78 is 5.76. The smallest absolute Gasteiger partial charge is 0.223 e. The molecule has 140 valence electrons. The second-order valence-corrected chi connectivity index (χ2v) is 8.02. The predicted octanol–water partition coefficient (Wildman–Crippen LogP) is 3.60. The molecule has 1 saturated carbocycles. The quantitative estimate of drug-likeness (QED) is 0.688. The number of amides is 1. The minimum absolute atomic E-state index is 0.270. The Kier molecular flexibility index (Phi) is 8.54. The normalized spacial score (nSPS) is 31.8. The molecule has 1 aliphatic carbocycles. The third kappa shape index (κ3) is 6.72. The standard InChI is InChI=1S/C20H38N2O2/c1-4-5-7-18-8-10-19(11-9-18)20(23)21-12-6-13-22-14-16(2)24-17(3)15-22/h16-19H,4-15H2,1-3H3,(H,21,23). The van der Waals surface area contributed by atoms with Crippen LogP contribution in [0.4, 0.5) is 0 Å². The third-order valence-electron chi connectivity index (χ3n) is 5.63. The van der Waals surface area contributed by atoms with Crippen LogP contribution in [0, 0.1) is 11.8 Å². The lowest BCUT2D eigenvalue weighted by Gasteiger charge is -2.35. The zero-order valence-corrected chi connectivity index (χ0v) is 16.1. The van der Waals surface area contributed by atoms with Gasteiger partial charge in [0.05, 0.1) is 12.2 Å². The lowest BCUT2D eigenvalue weighted by Crippen LogP contribution is -2.46. The van der Waals surface area contributed by atoms with Crippen LogP contribution >= 0.6 is 0 Å². The molecule has 2 rings (SSSR count). The Morgan fingerprint density at radius 3 is 2.38 bits per heavy atom. The van der Waals surface area contributed by atoms with Crippen LogP contribution in [-0.4, -0.2) is 49.2 Å². The third-order valence-corrected chi connectivity index (χ3v) is 5.63. The number of carbonyl (C=O) groups excluding carboxylic acids is 1. The number of rotatable bonds is 8. The number of nitrogens with one attached hydrogen (secondary N) is 1. The molecular formula is C20H38N2O2. The Bertz CT molecular complexity index is 357. The second kappa shape index (κ2) is 10.4. The van der Waals surface area contributed by atoms with Crippen molar-refractivity contribution in [3.8, 4) is 0 Å². The van der Waals surface area contributed by atoms with Gasteiger partial charge in [-0.2, -0.15) is 0 Å². The maximum atomic E-state index is 12.3. The lowest BCUT2D eigenvalue weighted by atomic mass is 9.79. The van der Waals surface area contributed by atoms with Crippen molar-refractivity contribution in [2.75, 3.05) is 26.2 Å². The zero-order valence-electron chi connectivity index (χ0n) is 16.1. The molecule has 1 heterocycles. The molecular weight excluding hydrogens is 300 g/mol. The summed E-state index contributed by atoms with van der Waals surface area (Å²) >= 11 is 0. The fourth-order valence-corrected chi connectivity index (χ4v) is 4.33.